The number of sulfonamides is 1. The molecule has 0 amide bonds. The predicted octanol–water partition coefficient (Wildman–Crippen LogP) is 1.67. The van der Waals surface area contributed by atoms with Crippen molar-refractivity contribution in [3.8, 4) is 5.75 Å². The van der Waals surface area contributed by atoms with Gasteiger partial charge in [-0.15, -0.1) is 0 Å². The van der Waals surface area contributed by atoms with E-state index in [1.54, 1.807) is 25.1 Å². The molecular formula is C14H21NO4S. The fourth-order valence-electron chi connectivity index (χ4n) is 2.46. The number of hydrogen-bond donors (Lipinski definition) is 2. The van der Waals surface area contributed by atoms with Gasteiger partial charge >= 0.3 is 0 Å². The number of nitrogens with one attached hydrogen (secondary N) is 1. The van der Waals surface area contributed by atoms with E-state index in [0.717, 1.165) is 12.8 Å². The highest BCUT2D eigenvalue weighted by Crippen LogP contribution is 2.29. The molecule has 20 heavy (non-hydrogen) atoms. The van der Waals surface area contributed by atoms with Crippen molar-refractivity contribution in [2.75, 3.05) is 13.2 Å². The van der Waals surface area contributed by atoms with Crippen LogP contribution in [0, 0.1) is 0 Å². The SMILES string of the molecule is CCOc1ccccc1S(=O)(=O)NCC1(O)CCCC1. The monoisotopic (exact) mass is 299 g/mol. The summed E-state index contributed by atoms with van der Waals surface area (Å²) in [5.74, 6) is 0.334. The summed E-state index contributed by atoms with van der Waals surface area (Å²) in [6.45, 7) is 2.25. The zero-order valence-electron chi connectivity index (χ0n) is 11.6. The molecule has 1 fully saturated rings. The Morgan fingerprint density at radius 3 is 2.60 bits per heavy atom. The number of aliphatic hydroxyl groups is 1. The lowest BCUT2D eigenvalue weighted by atomic mass is 10.0. The summed E-state index contributed by atoms with van der Waals surface area (Å²) in [4.78, 5) is 0.114. The average molecular weight is 299 g/mol. The Morgan fingerprint density at radius 2 is 1.95 bits per heavy atom. The van der Waals surface area contributed by atoms with Crippen molar-refractivity contribution < 1.29 is 18.3 Å². The first-order chi connectivity index (χ1) is 9.47. The van der Waals surface area contributed by atoms with Gasteiger partial charge in [-0.25, -0.2) is 13.1 Å². The average Bonchev–Trinajstić information content (AvgIpc) is 2.85. The maximum atomic E-state index is 12.3. The molecule has 112 valence electrons. The van der Waals surface area contributed by atoms with Crippen LogP contribution in [0.25, 0.3) is 0 Å². The van der Waals surface area contributed by atoms with Gasteiger partial charge in [0.15, 0.2) is 0 Å². The molecule has 1 aliphatic rings. The van der Waals surface area contributed by atoms with Crippen molar-refractivity contribution >= 4 is 10.0 Å². The van der Waals surface area contributed by atoms with E-state index >= 15 is 0 Å². The molecule has 6 heteroatoms. The minimum atomic E-state index is -3.67. The van der Waals surface area contributed by atoms with Gasteiger partial charge in [-0.2, -0.15) is 0 Å². The molecule has 0 saturated heterocycles. The fraction of sp³-hybridized carbons (Fsp3) is 0.571. The van der Waals surface area contributed by atoms with Gasteiger partial charge in [-0.1, -0.05) is 25.0 Å². The summed E-state index contributed by atoms with van der Waals surface area (Å²) in [7, 11) is -3.67. The molecule has 0 aromatic heterocycles. The lowest BCUT2D eigenvalue weighted by molar-refractivity contribution is 0.0531. The highest BCUT2D eigenvalue weighted by atomic mass is 32.2. The molecule has 2 N–H and O–H groups in total. The van der Waals surface area contributed by atoms with E-state index in [1.807, 2.05) is 0 Å². The second-order valence-corrected chi connectivity index (χ2v) is 6.87. The van der Waals surface area contributed by atoms with Crippen molar-refractivity contribution in [1.29, 1.82) is 0 Å². The number of para-hydroxylation sites is 1. The first-order valence-corrected chi connectivity index (χ1v) is 8.39. The molecule has 0 bridgehead atoms. The van der Waals surface area contributed by atoms with Gasteiger partial charge in [0.25, 0.3) is 0 Å². The molecule has 0 spiro atoms. The van der Waals surface area contributed by atoms with Gasteiger partial charge in [0, 0.05) is 6.54 Å². The summed E-state index contributed by atoms with van der Waals surface area (Å²) >= 11 is 0. The Hall–Kier alpha value is -1.11. The van der Waals surface area contributed by atoms with Gasteiger partial charge in [0.2, 0.25) is 10.0 Å². The van der Waals surface area contributed by atoms with Gasteiger partial charge in [-0.3, -0.25) is 0 Å². The van der Waals surface area contributed by atoms with E-state index in [2.05, 4.69) is 4.72 Å². The van der Waals surface area contributed by atoms with Crippen molar-refractivity contribution in [1.82, 2.24) is 4.72 Å². The smallest absolute Gasteiger partial charge is 0.244 e. The van der Waals surface area contributed by atoms with Crippen molar-refractivity contribution in [2.45, 2.75) is 43.1 Å². The van der Waals surface area contributed by atoms with Crippen molar-refractivity contribution in [2.24, 2.45) is 0 Å². The summed E-state index contributed by atoms with van der Waals surface area (Å²) in [6.07, 6.45) is 3.16. The van der Waals surface area contributed by atoms with Crippen LogP contribution in [0.5, 0.6) is 5.75 Å². The zero-order chi connectivity index (χ0) is 14.6. The van der Waals surface area contributed by atoms with Gasteiger partial charge < -0.3 is 9.84 Å². The summed E-state index contributed by atoms with van der Waals surface area (Å²) in [5.41, 5.74) is -0.909. The van der Waals surface area contributed by atoms with Crippen LogP contribution in [0.3, 0.4) is 0 Å². The van der Waals surface area contributed by atoms with Crippen LogP contribution in [0.15, 0.2) is 29.2 Å². The van der Waals surface area contributed by atoms with Gasteiger partial charge in [-0.05, 0) is 31.9 Å². The Labute approximate surface area is 120 Å². The summed E-state index contributed by atoms with van der Waals surface area (Å²) < 4.78 is 32.5. The van der Waals surface area contributed by atoms with E-state index in [4.69, 9.17) is 4.74 Å². The van der Waals surface area contributed by atoms with Gasteiger partial charge in [0.1, 0.15) is 10.6 Å². The van der Waals surface area contributed by atoms with E-state index in [0.29, 0.717) is 25.2 Å². The zero-order valence-corrected chi connectivity index (χ0v) is 12.4. The second kappa shape index (κ2) is 6.11. The Morgan fingerprint density at radius 1 is 1.30 bits per heavy atom. The van der Waals surface area contributed by atoms with Crippen molar-refractivity contribution in [3.05, 3.63) is 24.3 Å². The molecule has 5 nitrogen and oxygen atoms in total. The summed E-state index contributed by atoms with van der Waals surface area (Å²) in [5, 5.41) is 10.2. The molecule has 0 atom stereocenters. The lowest BCUT2D eigenvalue weighted by Gasteiger charge is -2.22. The highest BCUT2D eigenvalue weighted by molar-refractivity contribution is 7.89. The van der Waals surface area contributed by atoms with Crippen molar-refractivity contribution in [3.63, 3.8) is 0 Å². The molecule has 1 aromatic rings. The second-order valence-electron chi connectivity index (χ2n) is 5.14. The maximum Gasteiger partial charge on any atom is 0.244 e. The predicted molar refractivity (Wildman–Crippen MR) is 76.2 cm³/mol. The number of rotatable bonds is 6. The highest BCUT2D eigenvalue weighted by Gasteiger charge is 2.33. The molecule has 0 heterocycles. The van der Waals surface area contributed by atoms with Gasteiger partial charge in [0.05, 0.1) is 12.2 Å². The Kier molecular flexibility index (Phi) is 4.67. The van der Waals surface area contributed by atoms with Crippen LogP contribution in [0.1, 0.15) is 32.6 Å². The van der Waals surface area contributed by atoms with E-state index in [-0.39, 0.29) is 11.4 Å². The fourth-order valence-corrected chi connectivity index (χ4v) is 3.73. The topological polar surface area (TPSA) is 75.6 Å². The largest absolute Gasteiger partial charge is 0.492 e. The number of hydrogen-bond acceptors (Lipinski definition) is 4. The molecule has 1 saturated carbocycles. The normalized spacial score (nSPS) is 18.1. The number of benzene rings is 1. The molecule has 1 aliphatic carbocycles. The first kappa shape index (κ1) is 15.3. The van der Waals surface area contributed by atoms with E-state index in [1.165, 1.54) is 6.07 Å². The molecule has 0 unspecified atom stereocenters. The molecular weight excluding hydrogens is 278 g/mol. The Balaban J connectivity index is 2.14. The van der Waals surface area contributed by atoms with Crippen LogP contribution >= 0.6 is 0 Å². The van der Waals surface area contributed by atoms with E-state index in [9.17, 15) is 13.5 Å². The van der Waals surface area contributed by atoms with Crippen LogP contribution < -0.4 is 9.46 Å². The third kappa shape index (κ3) is 3.50. The molecule has 0 aliphatic heterocycles. The Bertz CT molecular complexity index is 550. The molecule has 0 radical (unpaired) electrons. The van der Waals surface area contributed by atoms with E-state index < -0.39 is 15.6 Å². The van der Waals surface area contributed by atoms with Crippen LogP contribution in [0.4, 0.5) is 0 Å². The maximum absolute atomic E-state index is 12.3. The van der Waals surface area contributed by atoms with Crippen LogP contribution in [0.2, 0.25) is 0 Å². The van der Waals surface area contributed by atoms with Crippen LogP contribution in [-0.4, -0.2) is 32.3 Å². The quantitative estimate of drug-likeness (QED) is 0.838. The molecule has 2 rings (SSSR count). The number of ether oxygens (including phenoxy) is 1. The third-order valence-corrected chi connectivity index (χ3v) is 5.00. The molecule has 1 aromatic carbocycles. The minimum absolute atomic E-state index is 0.0514. The van der Waals surface area contributed by atoms with Crippen LogP contribution in [-0.2, 0) is 10.0 Å². The minimum Gasteiger partial charge on any atom is -0.492 e. The third-order valence-electron chi connectivity index (χ3n) is 3.56. The first-order valence-electron chi connectivity index (χ1n) is 6.91. The lowest BCUT2D eigenvalue weighted by Crippen LogP contribution is -2.40. The summed E-state index contributed by atoms with van der Waals surface area (Å²) in [6, 6.07) is 6.52. The standard InChI is InChI=1S/C14H21NO4S/c1-2-19-12-7-3-4-8-13(12)20(17,18)15-11-14(16)9-5-6-10-14/h3-4,7-8,15-16H,2,5-6,9-11H2,1H3.